The molecule has 0 aliphatic heterocycles. The number of hydrogen-bond donors (Lipinski definition) is 0. The second-order valence-corrected chi connectivity index (χ2v) is 3.53. The van der Waals surface area contributed by atoms with Gasteiger partial charge in [0.15, 0.2) is 5.78 Å². The van der Waals surface area contributed by atoms with E-state index in [4.69, 9.17) is 0 Å². The molecule has 16 heavy (non-hydrogen) atoms. The third-order valence-electron chi connectivity index (χ3n) is 2.30. The molecule has 0 N–H and O–H groups in total. The summed E-state index contributed by atoms with van der Waals surface area (Å²) in [6.07, 6.45) is -2.59. The summed E-state index contributed by atoms with van der Waals surface area (Å²) in [7, 11) is 0. The molecule has 0 amide bonds. The minimum absolute atomic E-state index is 0.250. The summed E-state index contributed by atoms with van der Waals surface area (Å²) in [4.78, 5) is 11.3. The van der Waals surface area contributed by atoms with E-state index in [0.717, 1.165) is 0 Å². The Kier molecular flexibility index (Phi) is 6.55. The highest BCUT2D eigenvalue weighted by atomic mass is 19.3. The zero-order chi connectivity index (χ0) is 12.8. The summed E-state index contributed by atoms with van der Waals surface area (Å²) in [6, 6.07) is 0. The van der Waals surface area contributed by atoms with Crippen LogP contribution < -0.4 is 0 Å². The first-order valence-corrected chi connectivity index (χ1v) is 5.11. The van der Waals surface area contributed by atoms with Crippen molar-refractivity contribution in [2.75, 3.05) is 13.2 Å². The van der Waals surface area contributed by atoms with Crippen LogP contribution in [-0.4, -0.2) is 31.3 Å². The van der Waals surface area contributed by atoms with Crippen LogP contribution in [0.3, 0.4) is 0 Å². The van der Waals surface area contributed by atoms with Gasteiger partial charge in [-0.1, -0.05) is 13.8 Å². The molecule has 0 unspecified atom stereocenters. The maximum atomic E-state index is 12.4. The zero-order valence-corrected chi connectivity index (χ0v) is 9.31. The van der Waals surface area contributed by atoms with Gasteiger partial charge in [0.25, 0.3) is 0 Å². The van der Waals surface area contributed by atoms with Gasteiger partial charge < -0.3 is 4.74 Å². The predicted octanol–water partition coefficient (Wildman–Crippen LogP) is 2.91. The standard InChI is InChI=1S/C10H16F4O2/c1-3-7(4-2)8(15)5-16-6-10(13,14)9(11)12/h7,9H,3-6H2,1-2H3. The molecule has 0 aromatic heterocycles. The Morgan fingerprint density at radius 2 is 1.75 bits per heavy atom. The molecule has 0 heterocycles. The average molecular weight is 244 g/mol. The first-order chi connectivity index (χ1) is 7.35. The maximum Gasteiger partial charge on any atom is 0.330 e. The molecular weight excluding hydrogens is 228 g/mol. The molecule has 2 nitrogen and oxygen atoms in total. The third kappa shape index (κ3) is 4.92. The maximum absolute atomic E-state index is 12.4. The summed E-state index contributed by atoms with van der Waals surface area (Å²) < 4.78 is 52.5. The van der Waals surface area contributed by atoms with Crippen molar-refractivity contribution in [3.8, 4) is 0 Å². The molecule has 0 radical (unpaired) electrons. The summed E-state index contributed by atoms with van der Waals surface area (Å²) >= 11 is 0. The largest absolute Gasteiger partial charge is 0.367 e. The van der Waals surface area contributed by atoms with Gasteiger partial charge in [0.05, 0.1) is 0 Å². The Bertz CT molecular complexity index is 215. The molecular formula is C10H16F4O2. The van der Waals surface area contributed by atoms with Crippen molar-refractivity contribution < 1.29 is 27.1 Å². The Labute approximate surface area is 92.0 Å². The van der Waals surface area contributed by atoms with Crippen LogP contribution in [0.1, 0.15) is 26.7 Å². The van der Waals surface area contributed by atoms with E-state index in [0.29, 0.717) is 12.8 Å². The van der Waals surface area contributed by atoms with E-state index >= 15 is 0 Å². The van der Waals surface area contributed by atoms with Crippen LogP contribution in [0.25, 0.3) is 0 Å². The number of carbonyl (C=O) groups excluding carboxylic acids is 1. The minimum Gasteiger partial charge on any atom is -0.367 e. The summed E-state index contributed by atoms with van der Waals surface area (Å²) in [5.41, 5.74) is 0. The second kappa shape index (κ2) is 6.83. The van der Waals surface area contributed by atoms with Gasteiger partial charge in [-0.05, 0) is 12.8 Å². The average Bonchev–Trinajstić information content (AvgIpc) is 2.19. The molecule has 0 aliphatic carbocycles. The molecule has 0 fully saturated rings. The number of halogens is 4. The number of rotatable bonds is 8. The molecule has 0 aromatic rings. The van der Waals surface area contributed by atoms with Gasteiger partial charge >= 0.3 is 12.3 Å². The van der Waals surface area contributed by atoms with E-state index in [9.17, 15) is 22.4 Å². The first-order valence-electron chi connectivity index (χ1n) is 5.11. The molecule has 0 bridgehead atoms. The van der Waals surface area contributed by atoms with Crippen LogP contribution in [-0.2, 0) is 9.53 Å². The zero-order valence-electron chi connectivity index (χ0n) is 9.31. The molecule has 0 saturated heterocycles. The van der Waals surface area contributed by atoms with Crippen molar-refractivity contribution in [1.29, 1.82) is 0 Å². The molecule has 0 aliphatic rings. The fourth-order valence-corrected chi connectivity index (χ4v) is 1.21. The normalized spacial score (nSPS) is 12.5. The molecule has 0 aromatic carbocycles. The quantitative estimate of drug-likeness (QED) is 0.614. The van der Waals surface area contributed by atoms with Crippen LogP contribution in [0.5, 0.6) is 0 Å². The summed E-state index contributed by atoms with van der Waals surface area (Å²) in [5.74, 6) is -4.76. The number of ether oxygens (including phenoxy) is 1. The van der Waals surface area contributed by atoms with E-state index in [1.54, 1.807) is 13.8 Å². The Morgan fingerprint density at radius 3 is 2.12 bits per heavy atom. The van der Waals surface area contributed by atoms with E-state index in [-0.39, 0.29) is 11.7 Å². The fraction of sp³-hybridized carbons (Fsp3) is 0.900. The number of ketones is 1. The SMILES string of the molecule is CCC(CC)C(=O)COCC(F)(F)C(F)F. The number of hydrogen-bond acceptors (Lipinski definition) is 2. The second-order valence-electron chi connectivity index (χ2n) is 3.53. The van der Waals surface area contributed by atoms with Crippen LogP contribution >= 0.6 is 0 Å². The first kappa shape index (κ1) is 15.3. The Hall–Kier alpha value is -0.650. The van der Waals surface area contributed by atoms with Crippen molar-refractivity contribution in [3.63, 3.8) is 0 Å². The monoisotopic (exact) mass is 244 g/mol. The van der Waals surface area contributed by atoms with Crippen molar-refractivity contribution in [1.82, 2.24) is 0 Å². The lowest BCUT2D eigenvalue weighted by Crippen LogP contribution is -2.33. The number of carbonyl (C=O) groups is 1. The molecule has 0 spiro atoms. The molecule has 96 valence electrons. The van der Waals surface area contributed by atoms with Gasteiger partial charge in [0.1, 0.15) is 13.2 Å². The molecule has 0 saturated carbocycles. The van der Waals surface area contributed by atoms with Crippen molar-refractivity contribution >= 4 is 5.78 Å². The van der Waals surface area contributed by atoms with Crippen LogP contribution in [0, 0.1) is 5.92 Å². The van der Waals surface area contributed by atoms with Gasteiger partial charge in [-0.25, -0.2) is 8.78 Å². The van der Waals surface area contributed by atoms with Crippen molar-refractivity contribution in [2.24, 2.45) is 5.92 Å². The van der Waals surface area contributed by atoms with Gasteiger partial charge in [-0.3, -0.25) is 4.79 Å². The smallest absolute Gasteiger partial charge is 0.330 e. The van der Waals surface area contributed by atoms with Gasteiger partial charge in [-0.2, -0.15) is 8.78 Å². The third-order valence-corrected chi connectivity index (χ3v) is 2.30. The fourth-order valence-electron chi connectivity index (χ4n) is 1.21. The lowest BCUT2D eigenvalue weighted by atomic mass is 9.99. The number of Topliss-reactive ketones (excluding diaryl/α,β-unsaturated/α-hetero) is 1. The lowest BCUT2D eigenvalue weighted by Gasteiger charge is -2.16. The summed E-state index contributed by atoms with van der Waals surface area (Å²) in [6.45, 7) is 1.63. The van der Waals surface area contributed by atoms with Crippen molar-refractivity contribution in [3.05, 3.63) is 0 Å². The molecule has 0 rings (SSSR count). The van der Waals surface area contributed by atoms with E-state index in [2.05, 4.69) is 4.74 Å². The van der Waals surface area contributed by atoms with Gasteiger partial charge in [-0.15, -0.1) is 0 Å². The van der Waals surface area contributed by atoms with E-state index in [1.807, 2.05) is 0 Å². The lowest BCUT2D eigenvalue weighted by molar-refractivity contribution is -0.168. The Morgan fingerprint density at radius 1 is 1.25 bits per heavy atom. The Balaban J connectivity index is 3.94. The highest BCUT2D eigenvalue weighted by Crippen LogP contribution is 2.23. The highest BCUT2D eigenvalue weighted by Gasteiger charge is 2.41. The predicted molar refractivity (Wildman–Crippen MR) is 50.8 cm³/mol. The topological polar surface area (TPSA) is 26.3 Å². The van der Waals surface area contributed by atoms with E-state index < -0.39 is 25.6 Å². The van der Waals surface area contributed by atoms with Gasteiger partial charge in [0.2, 0.25) is 0 Å². The van der Waals surface area contributed by atoms with Gasteiger partial charge in [0, 0.05) is 5.92 Å². The number of alkyl halides is 4. The van der Waals surface area contributed by atoms with E-state index in [1.165, 1.54) is 0 Å². The van der Waals surface area contributed by atoms with Crippen LogP contribution in [0.2, 0.25) is 0 Å². The molecule has 0 atom stereocenters. The van der Waals surface area contributed by atoms with Crippen LogP contribution in [0.15, 0.2) is 0 Å². The minimum atomic E-state index is -4.19. The highest BCUT2D eigenvalue weighted by molar-refractivity contribution is 5.82. The van der Waals surface area contributed by atoms with Crippen LogP contribution in [0.4, 0.5) is 17.6 Å². The molecule has 6 heteroatoms. The summed E-state index contributed by atoms with van der Waals surface area (Å²) in [5, 5.41) is 0. The van der Waals surface area contributed by atoms with Crippen molar-refractivity contribution in [2.45, 2.75) is 39.0 Å².